The van der Waals surface area contributed by atoms with Crippen molar-refractivity contribution in [1.29, 1.82) is 0 Å². The lowest BCUT2D eigenvalue weighted by Gasteiger charge is -2.33. The number of ketones is 1. The summed E-state index contributed by atoms with van der Waals surface area (Å²) in [7, 11) is 1.68. The number of alkyl halides is 1. The van der Waals surface area contributed by atoms with E-state index < -0.39 is 6.10 Å². The van der Waals surface area contributed by atoms with Gasteiger partial charge in [0.2, 0.25) is 5.95 Å². The van der Waals surface area contributed by atoms with Gasteiger partial charge in [0.05, 0.1) is 28.5 Å². The summed E-state index contributed by atoms with van der Waals surface area (Å²) in [6.45, 7) is 1.27. The van der Waals surface area contributed by atoms with Crippen LogP contribution in [0.2, 0.25) is 0 Å². The van der Waals surface area contributed by atoms with E-state index >= 15 is 0 Å². The maximum atomic E-state index is 12.8. The third kappa shape index (κ3) is 3.85. The number of hydrogen-bond acceptors (Lipinski definition) is 7. The summed E-state index contributed by atoms with van der Waals surface area (Å²) >= 11 is 7.45. The molecule has 4 heterocycles. The first-order chi connectivity index (χ1) is 13.5. The number of pyridine rings is 1. The van der Waals surface area contributed by atoms with E-state index in [1.54, 1.807) is 19.4 Å². The van der Waals surface area contributed by atoms with E-state index in [1.165, 1.54) is 22.4 Å². The Balaban J connectivity index is 1.61. The zero-order valence-corrected chi connectivity index (χ0v) is 16.8. The highest BCUT2D eigenvalue weighted by molar-refractivity contribution is 8.05. The Morgan fingerprint density at radius 1 is 1.36 bits per heavy atom. The van der Waals surface area contributed by atoms with Gasteiger partial charge in [0.25, 0.3) is 5.56 Å². The largest absolute Gasteiger partial charge is 0.366 e. The van der Waals surface area contributed by atoms with Gasteiger partial charge in [-0.1, -0.05) is 6.08 Å². The highest BCUT2D eigenvalue weighted by atomic mass is 35.5. The van der Waals surface area contributed by atoms with Gasteiger partial charge in [-0.2, -0.15) is 0 Å². The molecule has 2 unspecified atom stereocenters. The van der Waals surface area contributed by atoms with Crippen LogP contribution < -0.4 is 10.5 Å². The van der Waals surface area contributed by atoms with E-state index in [-0.39, 0.29) is 16.1 Å². The van der Waals surface area contributed by atoms with E-state index in [0.717, 1.165) is 5.56 Å². The maximum Gasteiger partial charge on any atom is 0.255 e. The van der Waals surface area contributed by atoms with Crippen LogP contribution in [-0.4, -0.2) is 50.8 Å². The topological polar surface area (TPSA) is 77.3 Å². The lowest BCUT2D eigenvalue weighted by atomic mass is 10.1. The third-order valence-corrected chi connectivity index (χ3v) is 6.23. The number of halogens is 1. The van der Waals surface area contributed by atoms with Gasteiger partial charge in [-0.25, -0.2) is 4.98 Å². The molecule has 0 N–H and O–H groups in total. The van der Waals surface area contributed by atoms with Gasteiger partial charge >= 0.3 is 0 Å². The fraction of sp³-hybridized carbons (Fsp3) is 0.368. The van der Waals surface area contributed by atoms with Crippen molar-refractivity contribution in [1.82, 2.24) is 14.5 Å². The SMILES string of the molecule is Cn1c(N2CCOC(C(=O)C3=CCC(Cl)S3)C2)nc(-c2ccncc2)cc1=O. The van der Waals surface area contributed by atoms with Crippen LogP contribution in [-0.2, 0) is 16.6 Å². The molecule has 146 valence electrons. The Hall–Kier alpha value is -2.16. The molecule has 7 nitrogen and oxygen atoms in total. The molecule has 0 radical (unpaired) electrons. The maximum absolute atomic E-state index is 12.8. The second-order valence-corrected chi connectivity index (χ2v) is 8.61. The molecule has 0 saturated carbocycles. The minimum Gasteiger partial charge on any atom is -0.366 e. The van der Waals surface area contributed by atoms with E-state index in [0.29, 0.717) is 42.7 Å². The molecule has 4 rings (SSSR count). The molecule has 1 saturated heterocycles. The van der Waals surface area contributed by atoms with Crippen molar-refractivity contribution in [2.24, 2.45) is 7.05 Å². The molecule has 2 aliphatic rings. The van der Waals surface area contributed by atoms with E-state index in [9.17, 15) is 9.59 Å². The first kappa shape index (κ1) is 19.2. The molecule has 0 aromatic carbocycles. The van der Waals surface area contributed by atoms with Crippen molar-refractivity contribution in [3.63, 3.8) is 0 Å². The lowest BCUT2D eigenvalue weighted by molar-refractivity contribution is -0.126. The highest BCUT2D eigenvalue weighted by Crippen LogP contribution is 2.36. The zero-order valence-electron chi connectivity index (χ0n) is 15.2. The summed E-state index contributed by atoms with van der Waals surface area (Å²) in [5.41, 5.74) is 1.23. The molecular formula is C19H19ClN4O3S. The molecular weight excluding hydrogens is 400 g/mol. The predicted octanol–water partition coefficient (Wildman–Crippen LogP) is 2.20. The quantitative estimate of drug-likeness (QED) is 0.704. The summed E-state index contributed by atoms with van der Waals surface area (Å²) < 4.78 is 7.11. The van der Waals surface area contributed by atoms with Crippen LogP contribution in [0.1, 0.15) is 6.42 Å². The van der Waals surface area contributed by atoms with Gasteiger partial charge in [0, 0.05) is 37.6 Å². The van der Waals surface area contributed by atoms with Crippen molar-refractivity contribution in [3.05, 3.63) is 51.9 Å². The Kier molecular flexibility index (Phi) is 5.52. The van der Waals surface area contributed by atoms with Crippen LogP contribution in [0.15, 0.2) is 46.4 Å². The Bertz CT molecular complexity index is 979. The number of rotatable bonds is 4. The molecule has 0 amide bonds. The molecule has 0 aliphatic carbocycles. The Morgan fingerprint density at radius 2 is 2.14 bits per heavy atom. The number of allylic oxidation sites excluding steroid dienone is 1. The van der Waals surface area contributed by atoms with Gasteiger partial charge in [-0.15, -0.1) is 23.4 Å². The van der Waals surface area contributed by atoms with Crippen LogP contribution in [0, 0.1) is 0 Å². The molecule has 9 heteroatoms. The number of aromatic nitrogens is 3. The average molecular weight is 419 g/mol. The van der Waals surface area contributed by atoms with Crippen molar-refractivity contribution in [3.8, 4) is 11.3 Å². The van der Waals surface area contributed by atoms with Crippen LogP contribution in [0.25, 0.3) is 11.3 Å². The molecule has 2 aliphatic heterocycles. The molecule has 28 heavy (non-hydrogen) atoms. The van der Waals surface area contributed by atoms with Crippen molar-refractivity contribution < 1.29 is 9.53 Å². The van der Waals surface area contributed by atoms with E-state index in [1.807, 2.05) is 23.1 Å². The molecule has 2 atom stereocenters. The first-order valence-corrected chi connectivity index (χ1v) is 10.2. The highest BCUT2D eigenvalue weighted by Gasteiger charge is 2.33. The number of morpholine rings is 1. The van der Waals surface area contributed by atoms with Crippen molar-refractivity contribution in [2.75, 3.05) is 24.6 Å². The van der Waals surface area contributed by atoms with Gasteiger partial charge in [0.1, 0.15) is 6.10 Å². The molecule has 0 bridgehead atoms. The minimum absolute atomic E-state index is 0.0619. The second kappa shape index (κ2) is 8.06. The standard InChI is InChI=1S/C19H19ClN4O3S/c1-23-17(25)10-13(12-4-6-21-7-5-12)22-19(23)24-8-9-27-14(11-24)18(26)15-2-3-16(20)28-15/h2,4-7,10,14,16H,3,8-9,11H2,1H3. The number of hydrogen-bond donors (Lipinski definition) is 0. The molecule has 2 aromatic heterocycles. The fourth-order valence-electron chi connectivity index (χ4n) is 3.22. The van der Waals surface area contributed by atoms with Crippen molar-refractivity contribution >= 4 is 35.1 Å². The smallest absolute Gasteiger partial charge is 0.255 e. The van der Waals surface area contributed by atoms with Gasteiger partial charge in [-0.05, 0) is 18.6 Å². The lowest BCUT2D eigenvalue weighted by Crippen LogP contribution is -2.48. The van der Waals surface area contributed by atoms with E-state index in [4.69, 9.17) is 16.3 Å². The summed E-state index contributed by atoms with van der Waals surface area (Å²) in [5, 5.41) is 0. The summed E-state index contributed by atoms with van der Waals surface area (Å²) in [4.78, 5) is 36.5. The van der Waals surface area contributed by atoms with Crippen LogP contribution in [0.5, 0.6) is 0 Å². The number of nitrogens with zero attached hydrogens (tertiary/aromatic N) is 4. The number of Topliss-reactive ketones (excluding diaryl/α,β-unsaturated/α-hetero) is 1. The second-order valence-electron chi connectivity index (χ2n) is 6.58. The monoisotopic (exact) mass is 418 g/mol. The van der Waals surface area contributed by atoms with Crippen LogP contribution in [0.3, 0.4) is 0 Å². The van der Waals surface area contributed by atoms with Crippen molar-refractivity contribution in [2.45, 2.75) is 17.2 Å². The average Bonchev–Trinajstić information content (AvgIpc) is 3.16. The van der Waals surface area contributed by atoms with Crippen LogP contribution >= 0.6 is 23.4 Å². The molecule has 2 aromatic rings. The number of carbonyl (C=O) groups is 1. The third-order valence-electron chi connectivity index (χ3n) is 4.72. The van der Waals surface area contributed by atoms with Gasteiger partial charge < -0.3 is 9.64 Å². The first-order valence-electron chi connectivity index (χ1n) is 8.93. The zero-order chi connectivity index (χ0) is 19.7. The number of thioether (sulfide) groups is 1. The normalized spacial score (nSPS) is 22.2. The summed E-state index contributed by atoms with van der Waals surface area (Å²) in [6, 6.07) is 5.12. The Labute approximate surface area is 171 Å². The summed E-state index contributed by atoms with van der Waals surface area (Å²) in [6.07, 6.45) is 5.26. The summed E-state index contributed by atoms with van der Waals surface area (Å²) in [5.74, 6) is 0.455. The fourth-order valence-corrected chi connectivity index (χ4v) is 4.51. The van der Waals surface area contributed by atoms with E-state index in [2.05, 4.69) is 9.97 Å². The minimum atomic E-state index is -0.601. The Morgan fingerprint density at radius 3 is 2.86 bits per heavy atom. The molecule has 1 fully saturated rings. The number of ether oxygens (including phenoxy) is 1. The van der Waals surface area contributed by atoms with Crippen LogP contribution in [0.4, 0.5) is 5.95 Å². The van der Waals surface area contributed by atoms with Gasteiger partial charge in [-0.3, -0.25) is 19.1 Å². The predicted molar refractivity (Wildman–Crippen MR) is 110 cm³/mol. The number of anilines is 1. The molecule has 0 spiro atoms. The van der Waals surface area contributed by atoms with Gasteiger partial charge in [0.15, 0.2) is 5.78 Å². The number of carbonyl (C=O) groups excluding carboxylic acids is 1.